The highest BCUT2D eigenvalue weighted by Crippen LogP contribution is 2.38. The van der Waals surface area contributed by atoms with E-state index in [-0.39, 0.29) is 45.1 Å². The number of alkyl carbamates (subject to hydrolysis) is 1. The molecule has 1 unspecified atom stereocenters. The van der Waals surface area contributed by atoms with Crippen molar-refractivity contribution in [2.24, 2.45) is 5.92 Å². The molecule has 0 bridgehead atoms. The van der Waals surface area contributed by atoms with Crippen LogP contribution in [0.1, 0.15) is 38.3 Å². The fourth-order valence-corrected chi connectivity index (χ4v) is 5.28. The van der Waals surface area contributed by atoms with Crippen molar-refractivity contribution in [3.05, 3.63) is 71.9 Å². The SMILES string of the molecule is CCOC(=O)[C@H](Cc1c[nH]c2ccccc12)NC(=O)[C@H](CC(C)C)NP(=O)(O)OCCNC(=O)OCc1ccccc1. The van der Waals surface area contributed by atoms with E-state index in [2.05, 4.69) is 20.7 Å². The smallest absolute Gasteiger partial charge is 0.407 e. The fourth-order valence-electron chi connectivity index (χ4n) is 4.25. The number of nitrogens with one attached hydrogen (secondary N) is 4. The molecular formula is C29H39N4O8P. The number of ether oxygens (including phenoxy) is 2. The van der Waals surface area contributed by atoms with Crippen molar-refractivity contribution in [2.45, 2.75) is 52.3 Å². The second-order valence-corrected chi connectivity index (χ2v) is 11.6. The lowest BCUT2D eigenvalue weighted by Gasteiger charge is -2.25. The van der Waals surface area contributed by atoms with Gasteiger partial charge in [-0.15, -0.1) is 0 Å². The molecule has 1 heterocycles. The summed E-state index contributed by atoms with van der Waals surface area (Å²) in [6, 6.07) is 14.5. The maximum atomic E-state index is 13.3. The molecule has 0 saturated carbocycles. The highest BCUT2D eigenvalue weighted by molar-refractivity contribution is 7.50. The molecule has 12 nitrogen and oxygen atoms in total. The summed E-state index contributed by atoms with van der Waals surface area (Å²) in [7, 11) is -4.48. The van der Waals surface area contributed by atoms with Crippen LogP contribution < -0.4 is 15.7 Å². The summed E-state index contributed by atoms with van der Waals surface area (Å²) in [5.74, 6) is -1.31. The molecule has 0 radical (unpaired) electrons. The Bertz CT molecular complexity index is 1360. The van der Waals surface area contributed by atoms with Gasteiger partial charge in [-0.3, -0.25) is 9.32 Å². The summed E-state index contributed by atoms with van der Waals surface area (Å²) in [4.78, 5) is 51.6. The first-order valence-electron chi connectivity index (χ1n) is 13.8. The van der Waals surface area contributed by atoms with Crippen LogP contribution in [0.2, 0.25) is 0 Å². The molecule has 3 rings (SSSR count). The van der Waals surface area contributed by atoms with Gasteiger partial charge in [-0.2, -0.15) is 0 Å². The zero-order valence-electron chi connectivity index (χ0n) is 24.0. The molecule has 13 heteroatoms. The molecule has 42 heavy (non-hydrogen) atoms. The minimum Gasteiger partial charge on any atom is -0.464 e. The molecule has 1 aromatic heterocycles. The van der Waals surface area contributed by atoms with Gasteiger partial charge in [-0.05, 0) is 36.5 Å². The first-order chi connectivity index (χ1) is 20.1. The third kappa shape index (κ3) is 10.6. The molecule has 0 aliphatic carbocycles. The maximum Gasteiger partial charge on any atom is 0.407 e. The van der Waals surface area contributed by atoms with E-state index in [1.165, 1.54) is 0 Å². The van der Waals surface area contributed by atoms with Gasteiger partial charge in [0.1, 0.15) is 12.6 Å². The number of aromatic nitrogens is 1. The molecule has 0 saturated heterocycles. The number of hydrogen-bond acceptors (Lipinski definition) is 7. The van der Waals surface area contributed by atoms with E-state index in [1.807, 2.05) is 68.4 Å². The molecule has 0 aliphatic rings. The third-order valence-electron chi connectivity index (χ3n) is 6.18. The van der Waals surface area contributed by atoms with Gasteiger partial charge >= 0.3 is 19.8 Å². The Morgan fingerprint density at radius 3 is 2.43 bits per heavy atom. The summed E-state index contributed by atoms with van der Waals surface area (Å²) in [5.41, 5.74) is 2.51. The van der Waals surface area contributed by atoms with Crippen molar-refractivity contribution in [3.63, 3.8) is 0 Å². The molecule has 0 aliphatic heterocycles. The summed E-state index contributed by atoms with van der Waals surface area (Å²) < 4.78 is 28.2. The molecule has 3 aromatic rings. The van der Waals surface area contributed by atoms with E-state index in [9.17, 15) is 23.8 Å². The van der Waals surface area contributed by atoms with Crippen LogP contribution in [-0.4, -0.2) is 59.7 Å². The van der Waals surface area contributed by atoms with Crippen molar-refractivity contribution in [3.8, 4) is 0 Å². The van der Waals surface area contributed by atoms with Gasteiger partial charge in [0, 0.05) is 30.1 Å². The Morgan fingerprint density at radius 1 is 1.00 bits per heavy atom. The van der Waals surface area contributed by atoms with Gasteiger partial charge in [0.2, 0.25) is 5.91 Å². The second-order valence-electron chi connectivity index (χ2n) is 10.0. The highest BCUT2D eigenvalue weighted by Gasteiger charge is 2.33. The van der Waals surface area contributed by atoms with Crippen molar-refractivity contribution in [1.82, 2.24) is 20.7 Å². The van der Waals surface area contributed by atoms with Gasteiger partial charge < -0.3 is 30.0 Å². The van der Waals surface area contributed by atoms with Crippen LogP contribution in [0.4, 0.5) is 4.79 Å². The van der Waals surface area contributed by atoms with E-state index in [4.69, 9.17) is 14.0 Å². The zero-order valence-corrected chi connectivity index (χ0v) is 24.9. The van der Waals surface area contributed by atoms with E-state index < -0.39 is 37.8 Å². The van der Waals surface area contributed by atoms with E-state index in [0.717, 1.165) is 22.0 Å². The van der Waals surface area contributed by atoms with Crippen LogP contribution in [0.5, 0.6) is 0 Å². The summed E-state index contributed by atoms with van der Waals surface area (Å²) in [6.07, 6.45) is 1.41. The fraction of sp³-hybridized carbons (Fsp3) is 0.414. The van der Waals surface area contributed by atoms with Gasteiger partial charge in [0.15, 0.2) is 0 Å². The number of aromatic amines is 1. The first kappa shape index (κ1) is 32.8. The summed E-state index contributed by atoms with van der Waals surface area (Å²) in [5, 5.41) is 8.43. The number of rotatable bonds is 16. The van der Waals surface area contributed by atoms with Crippen LogP contribution in [0, 0.1) is 5.92 Å². The number of benzene rings is 2. The van der Waals surface area contributed by atoms with Crippen LogP contribution in [-0.2, 0) is 41.2 Å². The number of esters is 1. The Balaban J connectivity index is 1.57. The molecule has 0 fully saturated rings. The van der Waals surface area contributed by atoms with Crippen molar-refractivity contribution in [1.29, 1.82) is 0 Å². The molecule has 5 N–H and O–H groups in total. The van der Waals surface area contributed by atoms with Gasteiger partial charge in [0.05, 0.1) is 19.3 Å². The molecule has 228 valence electrons. The molecular weight excluding hydrogens is 563 g/mol. The average molecular weight is 603 g/mol. The van der Waals surface area contributed by atoms with Gasteiger partial charge in [-0.1, -0.05) is 62.4 Å². The average Bonchev–Trinajstić information content (AvgIpc) is 3.36. The quantitative estimate of drug-likeness (QED) is 0.0930. The number of carbonyl (C=O) groups excluding carboxylic acids is 3. The Hall–Kier alpha value is -3.70. The molecule has 0 spiro atoms. The van der Waals surface area contributed by atoms with Crippen molar-refractivity contribution >= 4 is 36.6 Å². The Labute approximate surface area is 245 Å². The number of H-pyrrole nitrogens is 1. The topological polar surface area (TPSA) is 168 Å². The normalized spacial score (nSPS) is 14.1. The van der Waals surface area contributed by atoms with E-state index in [1.54, 1.807) is 13.1 Å². The van der Waals surface area contributed by atoms with Crippen LogP contribution in [0.3, 0.4) is 0 Å². The van der Waals surface area contributed by atoms with E-state index in [0.29, 0.717) is 0 Å². The lowest BCUT2D eigenvalue weighted by molar-refractivity contribution is -0.147. The van der Waals surface area contributed by atoms with Crippen LogP contribution in [0.15, 0.2) is 60.8 Å². The van der Waals surface area contributed by atoms with Gasteiger partial charge in [-0.25, -0.2) is 19.2 Å². The summed E-state index contributed by atoms with van der Waals surface area (Å²) in [6.45, 7) is 5.16. The minimum absolute atomic E-state index is 0.0380. The Morgan fingerprint density at radius 2 is 1.71 bits per heavy atom. The highest BCUT2D eigenvalue weighted by atomic mass is 31.2. The summed E-state index contributed by atoms with van der Waals surface area (Å²) >= 11 is 0. The van der Waals surface area contributed by atoms with Crippen LogP contribution in [0.25, 0.3) is 10.9 Å². The largest absolute Gasteiger partial charge is 0.464 e. The third-order valence-corrected chi connectivity index (χ3v) is 7.35. The monoisotopic (exact) mass is 602 g/mol. The zero-order chi connectivity index (χ0) is 30.5. The number of carbonyl (C=O) groups is 3. The predicted octanol–water partition coefficient (Wildman–Crippen LogP) is 3.81. The number of para-hydroxylation sites is 1. The predicted molar refractivity (Wildman–Crippen MR) is 157 cm³/mol. The molecule has 2 aromatic carbocycles. The van der Waals surface area contributed by atoms with Crippen LogP contribution >= 0.6 is 7.75 Å². The first-order valence-corrected chi connectivity index (χ1v) is 15.4. The van der Waals surface area contributed by atoms with Gasteiger partial charge in [0.25, 0.3) is 0 Å². The number of hydrogen-bond donors (Lipinski definition) is 5. The Kier molecular flexibility index (Phi) is 12.6. The number of amides is 2. The van der Waals surface area contributed by atoms with Crippen molar-refractivity contribution in [2.75, 3.05) is 19.8 Å². The lowest BCUT2D eigenvalue weighted by Crippen LogP contribution is -2.51. The minimum atomic E-state index is -4.48. The molecule has 2 amide bonds. The standard InChI is InChI=1S/C29H39N4O8P/c1-4-39-28(35)26(17-22-18-31-24-13-9-8-12-23(22)24)32-27(34)25(16-20(2)3)33-42(37,38)41-15-14-30-29(36)40-19-21-10-6-5-7-11-21/h5-13,18,20,25-26,31H,4,14-17,19H2,1-3H3,(H,30,36)(H,32,34)(H2,33,37,38)/t25-,26-/m0/s1. The number of fused-ring (bicyclic) bond motifs is 1. The van der Waals surface area contributed by atoms with Crippen molar-refractivity contribution < 1.29 is 37.8 Å². The second kappa shape index (κ2) is 16.1. The van der Waals surface area contributed by atoms with E-state index >= 15 is 0 Å². The molecule has 3 atom stereocenters. The maximum absolute atomic E-state index is 13.3. The lowest BCUT2D eigenvalue weighted by atomic mass is 10.0.